The molecule has 0 spiro atoms. The highest BCUT2D eigenvalue weighted by Crippen LogP contribution is 2.19. The third-order valence-electron chi connectivity index (χ3n) is 4.56. The van der Waals surface area contributed by atoms with E-state index in [-0.39, 0.29) is 18.1 Å². The maximum absolute atomic E-state index is 13.1. The van der Waals surface area contributed by atoms with Gasteiger partial charge in [-0.15, -0.1) is 0 Å². The van der Waals surface area contributed by atoms with E-state index in [1.807, 2.05) is 30.3 Å². The largest absolute Gasteiger partial charge is 0.358 e. The third kappa shape index (κ3) is 3.56. The van der Waals surface area contributed by atoms with Crippen LogP contribution in [0.4, 0.5) is 10.7 Å². The fourth-order valence-electron chi connectivity index (χ4n) is 3.12. The number of aromatic nitrogens is 2. The second-order valence-electron chi connectivity index (χ2n) is 6.34. The lowest BCUT2D eigenvalue weighted by Crippen LogP contribution is -2.45. The number of hydrogen-bond acceptors (Lipinski definition) is 4. The van der Waals surface area contributed by atoms with Gasteiger partial charge >= 0.3 is 6.03 Å². The van der Waals surface area contributed by atoms with Crippen LogP contribution < -0.4 is 16.2 Å². The van der Waals surface area contributed by atoms with Gasteiger partial charge in [0.15, 0.2) is 0 Å². The van der Waals surface area contributed by atoms with Gasteiger partial charge in [-0.1, -0.05) is 31.5 Å². The van der Waals surface area contributed by atoms with E-state index in [0.717, 1.165) is 24.2 Å². The molecule has 1 aliphatic heterocycles. The molecule has 0 bridgehead atoms. The Morgan fingerprint density at radius 3 is 2.73 bits per heavy atom. The molecule has 3 rings (SSSR count). The zero-order valence-corrected chi connectivity index (χ0v) is 15.3. The minimum Gasteiger partial charge on any atom is -0.358 e. The number of fused-ring (bicyclic) bond motifs is 1. The number of nitrogens with one attached hydrogen (secondary N) is 2. The molecule has 0 saturated carbocycles. The first-order valence-corrected chi connectivity index (χ1v) is 9.06. The fraction of sp³-hybridized carbons (Fsp3) is 0.421. The number of amides is 2. The van der Waals surface area contributed by atoms with Crippen LogP contribution in [0.5, 0.6) is 0 Å². The molecule has 0 atom stereocenters. The summed E-state index contributed by atoms with van der Waals surface area (Å²) in [7, 11) is 1.75. The molecule has 138 valence electrons. The van der Waals surface area contributed by atoms with Crippen LogP contribution >= 0.6 is 0 Å². The summed E-state index contributed by atoms with van der Waals surface area (Å²) in [5, 5.41) is 5.93. The van der Waals surface area contributed by atoms with E-state index >= 15 is 0 Å². The van der Waals surface area contributed by atoms with Gasteiger partial charge in [0.05, 0.1) is 23.5 Å². The number of carbonyl (C=O) groups excluding carboxylic acids is 1. The molecule has 0 aliphatic carbocycles. The Labute approximate surface area is 153 Å². The van der Waals surface area contributed by atoms with Crippen molar-refractivity contribution in [3.63, 3.8) is 0 Å². The minimum atomic E-state index is -0.128. The van der Waals surface area contributed by atoms with Gasteiger partial charge in [-0.05, 0) is 18.6 Å². The Hall–Kier alpha value is -2.83. The lowest BCUT2D eigenvalue weighted by Gasteiger charge is -2.29. The van der Waals surface area contributed by atoms with Gasteiger partial charge in [0.1, 0.15) is 0 Å². The normalized spacial score (nSPS) is 13.2. The van der Waals surface area contributed by atoms with Gasteiger partial charge in [-0.2, -0.15) is 0 Å². The summed E-state index contributed by atoms with van der Waals surface area (Å²) >= 11 is 0. The molecule has 2 aromatic rings. The van der Waals surface area contributed by atoms with Crippen molar-refractivity contribution in [2.24, 2.45) is 0 Å². The highest BCUT2D eigenvalue weighted by atomic mass is 16.2. The summed E-state index contributed by atoms with van der Waals surface area (Å²) in [6.07, 6.45) is 2.56. The molecule has 1 aromatic heterocycles. The third-order valence-corrected chi connectivity index (χ3v) is 4.56. The predicted molar refractivity (Wildman–Crippen MR) is 102 cm³/mol. The van der Waals surface area contributed by atoms with Crippen LogP contribution in [-0.4, -0.2) is 40.6 Å². The van der Waals surface area contributed by atoms with Crippen LogP contribution in [-0.2, 0) is 13.0 Å². The summed E-state index contributed by atoms with van der Waals surface area (Å²) in [5.41, 5.74) is 1.98. The van der Waals surface area contributed by atoms with E-state index in [4.69, 9.17) is 0 Å². The van der Waals surface area contributed by atoms with Crippen molar-refractivity contribution in [2.45, 2.75) is 32.7 Å². The van der Waals surface area contributed by atoms with E-state index in [0.29, 0.717) is 31.0 Å². The second kappa shape index (κ2) is 8.03. The number of para-hydroxylation sites is 1. The SMILES string of the molecule is CCCCNC(=O)N1CCc2nc(NC)n(-c3ccccc3)c(=O)c2C1. The van der Waals surface area contributed by atoms with E-state index in [9.17, 15) is 9.59 Å². The van der Waals surface area contributed by atoms with Crippen LogP contribution in [0.15, 0.2) is 35.1 Å². The first-order valence-electron chi connectivity index (χ1n) is 9.06. The number of nitrogens with zero attached hydrogens (tertiary/aromatic N) is 3. The molecule has 0 unspecified atom stereocenters. The average molecular weight is 355 g/mol. The molecule has 1 aliphatic rings. The van der Waals surface area contributed by atoms with Crippen LogP contribution in [0.25, 0.3) is 5.69 Å². The monoisotopic (exact) mass is 355 g/mol. The molecule has 0 saturated heterocycles. The molecular weight excluding hydrogens is 330 g/mol. The quantitative estimate of drug-likeness (QED) is 0.806. The molecule has 1 aromatic carbocycles. The Morgan fingerprint density at radius 2 is 2.04 bits per heavy atom. The number of carbonyl (C=O) groups is 1. The van der Waals surface area contributed by atoms with Crippen molar-refractivity contribution in [2.75, 3.05) is 25.5 Å². The van der Waals surface area contributed by atoms with Gasteiger partial charge in [0, 0.05) is 26.6 Å². The molecule has 2 N–H and O–H groups in total. The van der Waals surface area contributed by atoms with Crippen LogP contribution in [0.1, 0.15) is 31.0 Å². The van der Waals surface area contributed by atoms with Crippen LogP contribution in [0.2, 0.25) is 0 Å². The van der Waals surface area contributed by atoms with Gasteiger partial charge in [0.2, 0.25) is 5.95 Å². The minimum absolute atomic E-state index is 0.118. The maximum atomic E-state index is 13.1. The van der Waals surface area contributed by atoms with Gasteiger partial charge in [-0.25, -0.2) is 14.3 Å². The molecule has 0 fully saturated rings. The van der Waals surface area contributed by atoms with E-state index < -0.39 is 0 Å². The zero-order valence-electron chi connectivity index (χ0n) is 15.3. The summed E-state index contributed by atoms with van der Waals surface area (Å²) in [5.74, 6) is 0.515. The Kier molecular flexibility index (Phi) is 5.55. The van der Waals surface area contributed by atoms with Crippen LogP contribution in [0.3, 0.4) is 0 Å². The highest BCUT2D eigenvalue weighted by molar-refractivity contribution is 5.74. The van der Waals surface area contributed by atoms with E-state index in [1.165, 1.54) is 0 Å². The van der Waals surface area contributed by atoms with Crippen LogP contribution in [0, 0.1) is 0 Å². The molecule has 7 heteroatoms. The highest BCUT2D eigenvalue weighted by Gasteiger charge is 2.26. The molecular formula is C19H25N5O2. The number of benzene rings is 1. The smallest absolute Gasteiger partial charge is 0.317 e. The van der Waals surface area contributed by atoms with Crippen molar-refractivity contribution in [1.82, 2.24) is 19.8 Å². The zero-order chi connectivity index (χ0) is 18.5. The summed E-state index contributed by atoms with van der Waals surface area (Å²) in [4.78, 5) is 31.8. The summed E-state index contributed by atoms with van der Waals surface area (Å²) in [6, 6.07) is 9.29. The first-order chi connectivity index (χ1) is 12.7. The lowest BCUT2D eigenvalue weighted by atomic mass is 10.1. The molecule has 2 heterocycles. The molecule has 7 nitrogen and oxygen atoms in total. The van der Waals surface area contributed by atoms with Gasteiger partial charge < -0.3 is 15.5 Å². The van der Waals surface area contributed by atoms with Crippen molar-refractivity contribution >= 4 is 12.0 Å². The Bertz CT molecular complexity index is 832. The molecule has 2 amide bonds. The Morgan fingerprint density at radius 1 is 1.27 bits per heavy atom. The van der Waals surface area contributed by atoms with Gasteiger partial charge in [0.25, 0.3) is 5.56 Å². The topological polar surface area (TPSA) is 79.3 Å². The number of urea groups is 1. The Balaban J connectivity index is 1.93. The lowest BCUT2D eigenvalue weighted by molar-refractivity contribution is 0.191. The second-order valence-corrected chi connectivity index (χ2v) is 6.34. The number of anilines is 1. The van der Waals surface area contributed by atoms with Crippen molar-refractivity contribution < 1.29 is 4.79 Å². The number of hydrogen-bond donors (Lipinski definition) is 2. The summed E-state index contributed by atoms with van der Waals surface area (Å²) in [6.45, 7) is 3.59. The molecule has 0 radical (unpaired) electrons. The standard InChI is InChI=1S/C19H25N5O2/c1-3-4-11-21-19(26)23-12-10-16-15(13-23)17(25)24(18(20-2)22-16)14-8-6-5-7-9-14/h5-9H,3-4,10-13H2,1-2H3,(H,20,22)(H,21,26). The molecule has 26 heavy (non-hydrogen) atoms. The van der Waals surface area contributed by atoms with Crippen molar-refractivity contribution in [3.05, 3.63) is 51.9 Å². The van der Waals surface area contributed by atoms with E-state index in [2.05, 4.69) is 22.5 Å². The predicted octanol–water partition coefficient (Wildman–Crippen LogP) is 2.14. The van der Waals surface area contributed by atoms with E-state index in [1.54, 1.807) is 16.5 Å². The first kappa shape index (κ1) is 18.0. The van der Waals surface area contributed by atoms with Crippen molar-refractivity contribution in [1.29, 1.82) is 0 Å². The summed E-state index contributed by atoms with van der Waals surface area (Å²) < 4.78 is 1.57. The average Bonchev–Trinajstić information content (AvgIpc) is 2.68. The number of unbranched alkanes of at least 4 members (excludes halogenated alkanes) is 1. The fourth-order valence-corrected chi connectivity index (χ4v) is 3.12. The number of rotatable bonds is 5. The van der Waals surface area contributed by atoms with Crippen molar-refractivity contribution in [3.8, 4) is 5.69 Å². The maximum Gasteiger partial charge on any atom is 0.317 e. The van der Waals surface area contributed by atoms with Gasteiger partial charge in [-0.3, -0.25) is 4.79 Å².